The molecule has 0 fully saturated rings. The number of nitrogens with one attached hydrogen (secondary N) is 1. The molecule has 2 rings (SSSR count). The van der Waals surface area contributed by atoms with Gasteiger partial charge in [-0.05, 0) is 25.0 Å². The lowest BCUT2D eigenvalue weighted by Gasteiger charge is -2.15. The van der Waals surface area contributed by atoms with E-state index < -0.39 is 5.92 Å². The summed E-state index contributed by atoms with van der Waals surface area (Å²) in [6, 6.07) is 9.49. The average Bonchev–Trinajstić information content (AvgIpc) is 3.07. The van der Waals surface area contributed by atoms with Crippen LogP contribution in [0.2, 0.25) is 0 Å². The zero-order valence-electron chi connectivity index (χ0n) is 14.3. The number of benzene rings is 1. The van der Waals surface area contributed by atoms with E-state index in [0.29, 0.717) is 17.7 Å². The van der Waals surface area contributed by atoms with E-state index in [2.05, 4.69) is 5.32 Å². The number of carbonyl (C=O) groups is 2. The Kier molecular flexibility index (Phi) is 8.18. The van der Waals surface area contributed by atoms with Crippen LogP contribution in [0, 0.1) is 12.8 Å². The summed E-state index contributed by atoms with van der Waals surface area (Å²) in [5, 5.41) is 2.75. The van der Waals surface area contributed by atoms with Gasteiger partial charge in [0.25, 0.3) is 5.91 Å². The van der Waals surface area contributed by atoms with Crippen LogP contribution in [-0.4, -0.2) is 25.5 Å². The van der Waals surface area contributed by atoms with Gasteiger partial charge in [0.15, 0.2) is 0 Å². The maximum atomic E-state index is 12.1. The van der Waals surface area contributed by atoms with Crippen LogP contribution in [0.3, 0.4) is 0 Å². The first-order valence-corrected chi connectivity index (χ1v) is 7.72. The second kappa shape index (κ2) is 9.86. The van der Waals surface area contributed by atoms with Crippen LogP contribution >= 0.6 is 12.4 Å². The lowest BCUT2D eigenvalue weighted by atomic mass is 9.98. The average molecular weight is 367 g/mol. The highest BCUT2D eigenvalue weighted by atomic mass is 35.5. The van der Waals surface area contributed by atoms with E-state index >= 15 is 0 Å². The molecular weight excluding hydrogens is 344 g/mol. The summed E-state index contributed by atoms with van der Waals surface area (Å²) >= 11 is 0. The predicted molar refractivity (Wildman–Crippen MR) is 96.6 cm³/mol. The van der Waals surface area contributed by atoms with Crippen molar-refractivity contribution in [3.05, 3.63) is 59.0 Å². The van der Waals surface area contributed by atoms with Gasteiger partial charge in [-0.2, -0.15) is 0 Å². The van der Waals surface area contributed by atoms with Crippen LogP contribution in [0.5, 0.6) is 0 Å². The molecule has 0 spiro atoms. The van der Waals surface area contributed by atoms with Gasteiger partial charge >= 0.3 is 5.97 Å². The molecule has 0 saturated heterocycles. The molecule has 0 saturated carbocycles. The number of aryl methyl sites for hydroxylation is 1. The molecule has 6 nitrogen and oxygen atoms in total. The normalized spacial score (nSPS) is 11.3. The molecule has 0 aliphatic heterocycles. The number of hydrogen-bond acceptors (Lipinski definition) is 5. The second-order valence-corrected chi connectivity index (χ2v) is 5.63. The number of hydrogen-bond donors (Lipinski definition) is 2. The van der Waals surface area contributed by atoms with Crippen molar-refractivity contribution in [1.82, 2.24) is 5.32 Å². The van der Waals surface area contributed by atoms with E-state index in [1.807, 2.05) is 31.2 Å². The van der Waals surface area contributed by atoms with Gasteiger partial charge < -0.3 is 20.2 Å². The standard InChI is InChI=1S/C18H22N2O4.ClH/c1-12-4-3-5-13(6-12)7-14(18(22)23-2)10-20-17(21)15-8-16(9-19)24-11-15;/h3-6,8,11,14H,7,9-10,19H2,1-2H3,(H,20,21);1H. The van der Waals surface area contributed by atoms with Crippen LogP contribution in [-0.2, 0) is 22.5 Å². The van der Waals surface area contributed by atoms with Crippen LogP contribution < -0.4 is 11.1 Å². The molecule has 25 heavy (non-hydrogen) atoms. The quantitative estimate of drug-likeness (QED) is 0.733. The number of methoxy groups -OCH3 is 1. The summed E-state index contributed by atoms with van der Waals surface area (Å²) < 4.78 is 9.99. The number of rotatable bonds is 7. The van der Waals surface area contributed by atoms with Gasteiger partial charge in [-0.25, -0.2) is 0 Å². The lowest BCUT2D eigenvalue weighted by Crippen LogP contribution is -2.34. The maximum Gasteiger partial charge on any atom is 0.310 e. The van der Waals surface area contributed by atoms with Crippen LogP contribution in [0.15, 0.2) is 41.0 Å². The molecule has 136 valence electrons. The molecule has 0 bridgehead atoms. The fourth-order valence-electron chi connectivity index (χ4n) is 2.45. The van der Waals surface area contributed by atoms with Crippen molar-refractivity contribution in [3.63, 3.8) is 0 Å². The molecule has 7 heteroatoms. The van der Waals surface area contributed by atoms with Gasteiger partial charge in [0.2, 0.25) is 0 Å². The highest BCUT2D eigenvalue weighted by Gasteiger charge is 2.21. The Morgan fingerprint density at radius 2 is 2.08 bits per heavy atom. The molecule has 2 aromatic rings. The Morgan fingerprint density at radius 1 is 1.32 bits per heavy atom. The Bertz CT molecular complexity index is 715. The Morgan fingerprint density at radius 3 is 2.68 bits per heavy atom. The minimum absolute atomic E-state index is 0. The zero-order chi connectivity index (χ0) is 17.5. The SMILES string of the molecule is COC(=O)C(CNC(=O)c1coc(CN)c1)Cc1cccc(C)c1.Cl. The van der Waals surface area contributed by atoms with Crippen LogP contribution in [0.4, 0.5) is 0 Å². The molecule has 1 heterocycles. The minimum atomic E-state index is -0.457. The number of ether oxygens (including phenoxy) is 1. The highest BCUT2D eigenvalue weighted by molar-refractivity contribution is 5.94. The van der Waals surface area contributed by atoms with E-state index in [1.54, 1.807) is 6.07 Å². The number of nitrogens with two attached hydrogens (primary N) is 1. The zero-order valence-corrected chi connectivity index (χ0v) is 15.1. The third kappa shape index (κ3) is 5.92. The molecule has 1 aromatic carbocycles. The summed E-state index contributed by atoms with van der Waals surface area (Å²) in [6.07, 6.45) is 1.85. The number of amides is 1. The molecule has 0 radical (unpaired) electrons. The van der Waals surface area contributed by atoms with E-state index in [-0.39, 0.29) is 37.4 Å². The minimum Gasteiger partial charge on any atom is -0.469 e. The molecule has 1 aromatic heterocycles. The van der Waals surface area contributed by atoms with Crippen molar-refractivity contribution >= 4 is 24.3 Å². The van der Waals surface area contributed by atoms with Crippen molar-refractivity contribution in [1.29, 1.82) is 0 Å². The van der Waals surface area contributed by atoms with Crippen molar-refractivity contribution in [3.8, 4) is 0 Å². The molecule has 0 aliphatic rings. The summed E-state index contributed by atoms with van der Waals surface area (Å²) in [5.41, 5.74) is 7.98. The van der Waals surface area contributed by atoms with Gasteiger partial charge in [0.1, 0.15) is 12.0 Å². The maximum absolute atomic E-state index is 12.1. The molecular formula is C18H23ClN2O4. The molecule has 3 N–H and O–H groups in total. The summed E-state index contributed by atoms with van der Waals surface area (Å²) in [6.45, 7) is 2.40. The summed E-state index contributed by atoms with van der Waals surface area (Å²) in [5.74, 6) is -0.589. The molecule has 1 unspecified atom stereocenters. The van der Waals surface area contributed by atoms with Gasteiger partial charge in [-0.3, -0.25) is 9.59 Å². The first kappa shape index (κ1) is 20.7. The topological polar surface area (TPSA) is 94.6 Å². The lowest BCUT2D eigenvalue weighted by molar-refractivity contribution is -0.145. The van der Waals surface area contributed by atoms with Gasteiger partial charge in [-0.1, -0.05) is 29.8 Å². The third-order valence-corrected chi connectivity index (χ3v) is 3.73. The highest BCUT2D eigenvalue weighted by Crippen LogP contribution is 2.13. The van der Waals surface area contributed by atoms with E-state index in [9.17, 15) is 9.59 Å². The third-order valence-electron chi connectivity index (χ3n) is 3.73. The van der Waals surface area contributed by atoms with Crippen molar-refractivity contribution in [2.75, 3.05) is 13.7 Å². The smallest absolute Gasteiger partial charge is 0.310 e. The Balaban J connectivity index is 0.00000312. The number of furan rings is 1. The van der Waals surface area contributed by atoms with Crippen molar-refractivity contribution in [2.24, 2.45) is 11.7 Å². The van der Waals surface area contributed by atoms with Gasteiger partial charge in [0.05, 0.1) is 25.1 Å². The fourth-order valence-corrected chi connectivity index (χ4v) is 2.45. The predicted octanol–water partition coefficient (Wildman–Crippen LogP) is 2.23. The Hall–Kier alpha value is -2.31. The van der Waals surface area contributed by atoms with Gasteiger partial charge in [0, 0.05) is 6.54 Å². The molecule has 1 atom stereocenters. The number of halogens is 1. The fraction of sp³-hybridized carbons (Fsp3) is 0.333. The van der Waals surface area contributed by atoms with Gasteiger partial charge in [-0.15, -0.1) is 12.4 Å². The number of esters is 1. The van der Waals surface area contributed by atoms with Crippen molar-refractivity contribution in [2.45, 2.75) is 19.9 Å². The van der Waals surface area contributed by atoms with E-state index in [0.717, 1.165) is 11.1 Å². The summed E-state index contributed by atoms with van der Waals surface area (Å²) in [7, 11) is 1.34. The Labute approximate surface area is 153 Å². The molecule has 0 aliphatic carbocycles. The van der Waals surface area contributed by atoms with E-state index in [4.69, 9.17) is 14.9 Å². The van der Waals surface area contributed by atoms with E-state index in [1.165, 1.54) is 13.4 Å². The first-order chi connectivity index (χ1) is 11.5. The van der Waals surface area contributed by atoms with Crippen molar-refractivity contribution < 1.29 is 18.7 Å². The number of carbonyl (C=O) groups excluding carboxylic acids is 2. The van der Waals surface area contributed by atoms with Crippen LogP contribution in [0.25, 0.3) is 0 Å². The summed E-state index contributed by atoms with van der Waals surface area (Å²) in [4.78, 5) is 24.1. The second-order valence-electron chi connectivity index (χ2n) is 5.63. The largest absolute Gasteiger partial charge is 0.469 e. The monoisotopic (exact) mass is 366 g/mol. The first-order valence-electron chi connectivity index (χ1n) is 7.72. The molecule has 1 amide bonds. The van der Waals surface area contributed by atoms with Crippen LogP contribution in [0.1, 0.15) is 27.2 Å².